The second-order valence-electron chi connectivity index (χ2n) is 7.53. The topological polar surface area (TPSA) is 65.1 Å². The Labute approximate surface area is 159 Å². The van der Waals surface area contributed by atoms with E-state index in [-0.39, 0.29) is 11.8 Å². The molecule has 0 radical (unpaired) electrons. The quantitative estimate of drug-likeness (QED) is 0.775. The molecule has 3 aromatic rings. The van der Waals surface area contributed by atoms with Crippen molar-refractivity contribution in [2.45, 2.75) is 25.7 Å². The number of amides is 1. The van der Waals surface area contributed by atoms with Gasteiger partial charge in [0, 0.05) is 50.4 Å². The summed E-state index contributed by atoms with van der Waals surface area (Å²) in [6.45, 7) is 3.98. The zero-order chi connectivity index (χ0) is 19.0. The summed E-state index contributed by atoms with van der Waals surface area (Å²) in [5.74, 6) is 0.258. The van der Waals surface area contributed by atoms with Crippen LogP contribution in [0.15, 0.2) is 36.7 Å². The smallest absolute Gasteiger partial charge is 0.256 e. The van der Waals surface area contributed by atoms with E-state index in [2.05, 4.69) is 51.3 Å². The molecule has 0 saturated carbocycles. The molecular weight excluding hydrogens is 338 g/mol. The number of hydrogen-bond donors (Lipinski definition) is 1. The average molecular weight is 363 g/mol. The van der Waals surface area contributed by atoms with Crippen LogP contribution in [0.5, 0.6) is 0 Å². The van der Waals surface area contributed by atoms with Gasteiger partial charge in [0.15, 0.2) is 0 Å². The highest BCUT2D eigenvalue weighted by atomic mass is 16.2. The molecule has 1 atom stereocenters. The molecule has 6 nitrogen and oxygen atoms in total. The molecule has 1 aromatic carbocycles. The van der Waals surface area contributed by atoms with Crippen LogP contribution in [0.1, 0.15) is 40.4 Å². The van der Waals surface area contributed by atoms with Gasteiger partial charge in [-0.2, -0.15) is 5.10 Å². The van der Waals surface area contributed by atoms with Crippen LogP contribution in [0, 0.1) is 6.92 Å². The van der Waals surface area contributed by atoms with Crippen LogP contribution < -0.4 is 4.90 Å². The number of nitrogens with one attached hydrogen (secondary N) is 1. The number of fused-ring (bicyclic) bond motifs is 1. The SMILES string of the molecule is Cc1ccc2nccc(N3CCCC(c4[nH]ncc4C(=O)N(C)C)C3)c2c1. The van der Waals surface area contributed by atoms with E-state index < -0.39 is 0 Å². The van der Waals surface area contributed by atoms with E-state index >= 15 is 0 Å². The lowest BCUT2D eigenvalue weighted by atomic mass is 9.91. The van der Waals surface area contributed by atoms with Crippen LogP contribution in [-0.2, 0) is 0 Å². The van der Waals surface area contributed by atoms with Gasteiger partial charge in [-0.1, -0.05) is 11.6 Å². The fourth-order valence-corrected chi connectivity index (χ4v) is 3.97. The van der Waals surface area contributed by atoms with Gasteiger partial charge in [0.1, 0.15) is 0 Å². The summed E-state index contributed by atoms with van der Waals surface area (Å²) < 4.78 is 0. The highest BCUT2D eigenvalue weighted by Crippen LogP contribution is 2.34. The third-order valence-electron chi connectivity index (χ3n) is 5.35. The number of carbonyl (C=O) groups excluding carboxylic acids is 1. The predicted octanol–water partition coefficient (Wildman–Crippen LogP) is 3.35. The summed E-state index contributed by atoms with van der Waals surface area (Å²) >= 11 is 0. The Morgan fingerprint density at radius 1 is 1.30 bits per heavy atom. The van der Waals surface area contributed by atoms with Crippen molar-refractivity contribution < 1.29 is 4.79 Å². The first-order chi connectivity index (χ1) is 13.0. The molecule has 1 saturated heterocycles. The van der Waals surface area contributed by atoms with Crippen LogP contribution in [0.3, 0.4) is 0 Å². The second-order valence-corrected chi connectivity index (χ2v) is 7.53. The molecule has 3 heterocycles. The Hall–Kier alpha value is -2.89. The van der Waals surface area contributed by atoms with Gasteiger partial charge in [0.25, 0.3) is 5.91 Å². The van der Waals surface area contributed by atoms with E-state index in [9.17, 15) is 4.79 Å². The summed E-state index contributed by atoms with van der Waals surface area (Å²) in [5.41, 5.74) is 5.10. The Balaban J connectivity index is 1.66. The first-order valence-corrected chi connectivity index (χ1v) is 9.40. The molecule has 0 spiro atoms. The molecule has 27 heavy (non-hydrogen) atoms. The van der Waals surface area contributed by atoms with E-state index in [1.807, 2.05) is 6.20 Å². The zero-order valence-electron chi connectivity index (χ0n) is 16.1. The molecule has 1 fully saturated rings. The Morgan fingerprint density at radius 2 is 2.15 bits per heavy atom. The Bertz CT molecular complexity index is 978. The number of aryl methyl sites for hydroxylation is 1. The van der Waals surface area contributed by atoms with Crippen LogP contribution in [0.2, 0.25) is 0 Å². The highest BCUT2D eigenvalue weighted by molar-refractivity contribution is 5.95. The van der Waals surface area contributed by atoms with Gasteiger partial charge < -0.3 is 9.80 Å². The van der Waals surface area contributed by atoms with Gasteiger partial charge in [-0.15, -0.1) is 0 Å². The van der Waals surface area contributed by atoms with Crippen LogP contribution in [0.25, 0.3) is 10.9 Å². The number of H-pyrrole nitrogens is 1. The number of benzene rings is 1. The van der Waals surface area contributed by atoms with Crippen molar-refractivity contribution in [3.05, 3.63) is 53.5 Å². The van der Waals surface area contributed by atoms with Crippen LogP contribution in [0.4, 0.5) is 5.69 Å². The zero-order valence-corrected chi connectivity index (χ0v) is 16.1. The number of pyridine rings is 1. The molecule has 0 bridgehead atoms. The highest BCUT2D eigenvalue weighted by Gasteiger charge is 2.28. The third kappa shape index (κ3) is 3.27. The molecular formula is C21H25N5O. The number of aromatic nitrogens is 3. The molecule has 1 aliphatic heterocycles. The van der Waals surface area contributed by atoms with E-state index in [1.165, 1.54) is 16.6 Å². The second kappa shape index (κ2) is 7.02. The minimum absolute atomic E-state index is 0.000796. The minimum Gasteiger partial charge on any atom is -0.370 e. The molecule has 4 rings (SSSR count). The van der Waals surface area contributed by atoms with Crippen molar-refractivity contribution in [3.63, 3.8) is 0 Å². The Morgan fingerprint density at radius 3 is 2.96 bits per heavy atom. The Kier molecular flexibility index (Phi) is 4.56. The van der Waals surface area contributed by atoms with Gasteiger partial charge in [-0.3, -0.25) is 14.9 Å². The lowest BCUT2D eigenvalue weighted by Crippen LogP contribution is -2.35. The van der Waals surface area contributed by atoms with Gasteiger partial charge in [0.05, 0.1) is 23.0 Å². The lowest BCUT2D eigenvalue weighted by molar-refractivity contribution is 0.0826. The number of carbonyl (C=O) groups is 1. The number of hydrogen-bond acceptors (Lipinski definition) is 4. The average Bonchev–Trinajstić information content (AvgIpc) is 3.16. The largest absolute Gasteiger partial charge is 0.370 e. The van der Waals surface area contributed by atoms with E-state index in [0.717, 1.165) is 37.1 Å². The van der Waals surface area contributed by atoms with Crippen molar-refractivity contribution in [2.24, 2.45) is 0 Å². The lowest BCUT2D eigenvalue weighted by Gasteiger charge is -2.35. The summed E-state index contributed by atoms with van der Waals surface area (Å²) in [6.07, 6.45) is 5.67. The summed E-state index contributed by atoms with van der Waals surface area (Å²) in [6, 6.07) is 8.49. The van der Waals surface area contributed by atoms with Crippen molar-refractivity contribution in [1.82, 2.24) is 20.1 Å². The standard InChI is InChI=1S/C21H25N5O/c1-14-6-7-18-16(11-14)19(8-9-22-18)26-10-4-5-15(13-26)20-17(12-23-24-20)21(27)25(2)3/h6-9,11-12,15H,4-5,10,13H2,1-3H3,(H,23,24). The van der Waals surface area contributed by atoms with Crippen molar-refractivity contribution in [1.29, 1.82) is 0 Å². The van der Waals surface area contributed by atoms with Gasteiger partial charge in [0.2, 0.25) is 0 Å². The van der Waals surface area contributed by atoms with E-state index in [4.69, 9.17) is 0 Å². The van der Waals surface area contributed by atoms with E-state index in [0.29, 0.717) is 5.56 Å². The van der Waals surface area contributed by atoms with Crippen molar-refractivity contribution >= 4 is 22.5 Å². The fourth-order valence-electron chi connectivity index (χ4n) is 3.97. The number of rotatable bonds is 3. The first kappa shape index (κ1) is 17.5. The van der Waals surface area contributed by atoms with Gasteiger partial charge >= 0.3 is 0 Å². The monoisotopic (exact) mass is 363 g/mol. The number of piperidine rings is 1. The van der Waals surface area contributed by atoms with Crippen LogP contribution >= 0.6 is 0 Å². The van der Waals surface area contributed by atoms with Gasteiger partial charge in [-0.25, -0.2) is 0 Å². The summed E-state index contributed by atoms with van der Waals surface area (Å²) in [5, 5.41) is 8.44. The number of anilines is 1. The van der Waals surface area contributed by atoms with Crippen molar-refractivity contribution in [3.8, 4) is 0 Å². The molecule has 6 heteroatoms. The third-order valence-corrected chi connectivity index (χ3v) is 5.35. The number of aromatic amines is 1. The normalized spacial score (nSPS) is 17.3. The molecule has 1 amide bonds. The molecule has 0 aliphatic carbocycles. The molecule has 140 valence electrons. The first-order valence-electron chi connectivity index (χ1n) is 9.40. The number of nitrogens with zero attached hydrogens (tertiary/aromatic N) is 4. The maximum Gasteiger partial charge on any atom is 0.256 e. The maximum absolute atomic E-state index is 12.5. The van der Waals surface area contributed by atoms with Gasteiger partial charge in [-0.05, 0) is 38.0 Å². The van der Waals surface area contributed by atoms with Crippen molar-refractivity contribution in [2.75, 3.05) is 32.1 Å². The predicted molar refractivity (Wildman–Crippen MR) is 107 cm³/mol. The maximum atomic E-state index is 12.5. The summed E-state index contributed by atoms with van der Waals surface area (Å²) in [7, 11) is 3.55. The van der Waals surface area contributed by atoms with Crippen LogP contribution in [-0.4, -0.2) is 53.2 Å². The minimum atomic E-state index is 0.000796. The molecule has 1 N–H and O–H groups in total. The summed E-state index contributed by atoms with van der Waals surface area (Å²) in [4.78, 5) is 21.0. The fraction of sp³-hybridized carbons (Fsp3) is 0.381. The molecule has 2 aromatic heterocycles. The van der Waals surface area contributed by atoms with E-state index in [1.54, 1.807) is 25.2 Å². The molecule has 1 unspecified atom stereocenters. The molecule has 1 aliphatic rings.